The Hall–Kier alpha value is -3.92. The van der Waals surface area contributed by atoms with Crippen LogP contribution in [0.5, 0.6) is 11.5 Å². The first kappa shape index (κ1) is 24.7. The normalized spacial score (nSPS) is 21.7. The number of rotatable bonds is 7. The molecule has 0 amide bonds. The van der Waals surface area contributed by atoms with Gasteiger partial charge in [0.15, 0.2) is 11.9 Å². The number of aliphatic imine (C=N–C) groups is 1. The molecule has 0 unspecified atom stereocenters. The molecular weight excluding hydrogens is 446 g/mol. The van der Waals surface area contributed by atoms with Crippen LogP contribution in [0.4, 0.5) is 11.4 Å². The van der Waals surface area contributed by atoms with Gasteiger partial charge in [-0.25, -0.2) is 0 Å². The van der Waals surface area contributed by atoms with E-state index in [-0.39, 0.29) is 17.4 Å². The molecular formula is C22H25N5O7. The van der Waals surface area contributed by atoms with E-state index in [9.17, 15) is 20.5 Å². The smallest absolute Gasteiger partial charge is 0.270 e. The van der Waals surface area contributed by atoms with E-state index >= 15 is 0 Å². The maximum atomic E-state index is 11.4. The van der Waals surface area contributed by atoms with Crippen LogP contribution in [0.3, 0.4) is 0 Å². The molecule has 1 heterocycles. The first-order valence-corrected chi connectivity index (χ1v) is 10.1. The molecule has 0 spiro atoms. The molecule has 2 aromatic rings. The SMILES string of the molecule is COc1ccc(NC(=NC#N)N[C@@H]2c3cc([N+](=O)[O-])ccc3O[C@@](C)(C(OC)OC)[C@H]2O)cc1. The van der Waals surface area contributed by atoms with Gasteiger partial charge in [0.2, 0.25) is 12.2 Å². The number of nitrogens with one attached hydrogen (secondary N) is 2. The maximum absolute atomic E-state index is 11.4. The van der Waals surface area contributed by atoms with Gasteiger partial charge in [-0.05, 0) is 37.3 Å². The number of aliphatic hydroxyl groups excluding tert-OH is 1. The summed E-state index contributed by atoms with van der Waals surface area (Å²) >= 11 is 0. The number of nitriles is 1. The minimum atomic E-state index is -1.41. The van der Waals surface area contributed by atoms with Crippen molar-refractivity contribution < 1.29 is 29.0 Å². The number of fused-ring (bicyclic) bond motifs is 1. The van der Waals surface area contributed by atoms with Gasteiger partial charge in [0.1, 0.15) is 17.6 Å². The Morgan fingerprint density at radius 3 is 2.50 bits per heavy atom. The second kappa shape index (κ2) is 10.3. The Kier molecular flexibility index (Phi) is 7.52. The Morgan fingerprint density at radius 1 is 1.26 bits per heavy atom. The van der Waals surface area contributed by atoms with Crippen LogP contribution in [0.25, 0.3) is 0 Å². The van der Waals surface area contributed by atoms with Crippen LogP contribution in [-0.4, -0.2) is 55.3 Å². The number of anilines is 1. The topological polar surface area (TPSA) is 160 Å². The first-order chi connectivity index (χ1) is 16.3. The number of benzene rings is 2. The van der Waals surface area contributed by atoms with E-state index in [1.165, 1.54) is 32.4 Å². The Balaban J connectivity index is 2.02. The molecule has 0 radical (unpaired) electrons. The van der Waals surface area contributed by atoms with Gasteiger partial charge in [-0.3, -0.25) is 10.1 Å². The number of ether oxygens (including phenoxy) is 4. The van der Waals surface area contributed by atoms with Crippen molar-refractivity contribution in [3.05, 3.63) is 58.1 Å². The van der Waals surface area contributed by atoms with Gasteiger partial charge >= 0.3 is 0 Å². The van der Waals surface area contributed by atoms with E-state index < -0.39 is 29.0 Å². The minimum absolute atomic E-state index is 0.00445. The fraction of sp³-hybridized carbons (Fsp3) is 0.364. The number of methoxy groups -OCH3 is 3. The van der Waals surface area contributed by atoms with Gasteiger partial charge in [0.05, 0.1) is 18.1 Å². The Bertz CT molecular complexity index is 1100. The highest BCUT2D eigenvalue weighted by Gasteiger charge is 2.52. The Morgan fingerprint density at radius 2 is 1.94 bits per heavy atom. The highest BCUT2D eigenvalue weighted by atomic mass is 16.7. The summed E-state index contributed by atoms with van der Waals surface area (Å²) in [5.74, 6) is 0.917. The third-order valence-corrected chi connectivity index (χ3v) is 5.48. The number of nitrogens with zero attached hydrogens (tertiary/aromatic N) is 3. The van der Waals surface area contributed by atoms with E-state index in [4.69, 9.17) is 18.9 Å². The summed E-state index contributed by atoms with van der Waals surface area (Å²) in [6.07, 6.45) is -0.622. The van der Waals surface area contributed by atoms with Crippen LogP contribution in [0, 0.1) is 21.6 Å². The van der Waals surface area contributed by atoms with Crippen LogP contribution in [0.2, 0.25) is 0 Å². The van der Waals surface area contributed by atoms with Crippen molar-refractivity contribution in [2.24, 2.45) is 4.99 Å². The highest BCUT2D eigenvalue weighted by Crippen LogP contribution is 2.43. The number of hydrogen-bond donors (Lipinski definition) is 3. The van der Waals surface area contributed by atoms with Crippen molar-refractivity contribution in [3.8, 4) is 17.7 Å². The van der Waals surface area contributed by atoms with Crippen molar-refractivity contribution in [1.82, 2.24) is 5.32 Å². The standard InChI is InChI=1S/C22H25N5O7/c1-22(20(32-3)33-4)19(28)18(16-11-14(27(29)30)7-10-17(16)34-22)26-21(24-12-23)25-13-5-8-15(31-2)9-6-13/h5-11,18-20,28H,1-4H3,(H2,24,25,26)/t18-,19+,22-/m1/s1. The second-order valence-corrected chi connectivity index (χ2v) is 7.55. The van der Waals surface area contributed by atoms with Crippen LogP contribution in [0.15, 0.2) is 47.5 Å². The summed E-state index contributed by atoms with van der Waals surface area (Å²) in [5, 5.41) is 37.9. The lowest BCUT2D eigenvalue weighted by Crippen LogP contribution is -2.62. The van der Waals surface area contributed by atoms with Crippen molar-refractivity contribution in [1.29, 1.82) is 5.26 Å². The summed E-state index contributed by atoms with van der Waals surface area (Å²) in [6, 6.07) is 9.89. The lowest BCUT2D eigenvalue weighted by molar-refractivity contribution is -0.385. The monoisotopic (exact) mass is 471 g/mol. The average Bonchev–Trinajstić information content (AvgIpc) is 2.83. The zero-order valence-electron chi connectivity index (χ0n) is 19.0. The molecule has 180 valence electrons. The van der Waals surface area contributed by atoms with Crippen molar-refractivity contribution in [2.75, 3.05) is 26.6 Å². The quantitative estimate of drug-likeness (QED) is 0.136. The zero-order valence-corrected chi connectivity index (χ0v) is 19.0. The number of aliphatic hydroxyl groups is 1. The molecule has 0 bridgehead atoms. The first-order valence-electron chi connectivity index (χ1n) is 10.1. The van der Waals surface area contributed by atoms with Gasteiger partial charge in [-0.1, -0.05) is 0 Å². The molecule has 0 aliphatic carbocycles. The molecule has 1 aliphatic rings. The summed E-state index contributed by atoms with van der Waals surface area (Å²) in [5.41, 5.74) is -0.728. The molecule has 34 heavy (non-hydrogen) atoms. The summed E-state index contributed by atoms with van der Waals surface area (Å²) < 4.78 is 21.9. The molecule has 12 nitrogen and oxygen atoms in total. The van der Waals surface area contributed by atoms with E-state index in [1.54, 1.807) is 44.5 Å². The predicted molar refractivity (Wildman–Crippen MR) is 121 cm³/mol. The minimum Gasteiger partial charge on any atom is -0.497 e. The van der Waals surface area contributed by atoms with Crippen molar-refractivity contribution >= 4 is 17.3 Å². The van der Waals surface area contributed by atoms with Gasteiger partial charge in [-0.15, -0.1) is 4.99 Å². The number of nitro groups is 1. The van der Waals surface area contributed by atoms with Crippen LogP contribution in [0.1, 0.15) is 18.5 Å². The lowest BCUT2D eigenvalue weighted by Gasteiger charge is -2.46. The molecule has 0 fully saturated rings. The van der Waals surface area contributed by atoms with E-state index in [1.807, 2.05) is 0 Å². The van der Waals surface area contributed by atoms with Crippen LogP contribution in [-0.2, 0) is 9.47 Å². The molecule has 12 heteroatoms. The number of guanidine groups is 1. The maximum Gasteiger partial charge on any atom is 0.270 e. The molecule has 3 atom stereocenters. The van der Waals surface area contributed by atoms with Crippen molar-refractivity contribution in [3.63, 3.8) is 0 Å². The second-order valence-electron chi connectivity index (χ2n) is 7.55. The van der Waals surface area contributed by atoms with E-state index in [0.717, 1.165) is 0 Å². The molecule has 0 aromatic heterocycles. The lowest BCUT2D eigenvalue weighted by atomic mass is 9.84. The molecule has 3 N–H and O–H groups in total. The molecule has 0 saturated heterocycles. The fourth-order valence-corrected chi connectivity index (χ4v) is 3.80. The molecule has 2 aromatic carbocycles. The third kappa shape index (κ3) is 4.86. The van der Waals surface area contributed by atoms with Gasteiger partial charge < -0.3 is 34.7 Å². The molecule has 3 rings (SSSR count). The van der Waals surface area contributed by atoms with Gasteiger partial charge in [0.25, 0.3) is 5.69 Å². The molecule has 1 aliphatic heterocycles. The highest BCUT2D eigenvalue weighted by molar-refractivity contribution is 5.94. The average molecular weight is 471 g/mol. The summed E-state index contributed by atoms with van der Waals surface area (Å²) in [7, 11) is 4.34. The van der Waals surface area contributed by atoms with E-state index in [2.05, 4.69) is 15.6 Å². The van der Waals surface area contributed by atoms with Crippen molar-refractivity contribution in [2.45, 2.75) is 31.0 Å². The van der Waals surface area contributed by atoms with Gasteiger partial charge in [0, 0.05) is 37.6 Å². The summed E-state index contributed by atoms with van der Waals surface area (Å²) in [4.78, 5) is 14.6. The number of nitro benzene ring substituents is 1. The molecule has 0 saturated carbocycles. The zero-order chi connectivity index (χ0) is 24.9. The predicted octanol–water partition coefficient (Wildman–Crippen LogP) is 2.31. The Labute approximate surface area is 195 Å². The number of hydrogen-bond acceptors (Lipinski definition) is 9. The summed E-state index contributed by atoms with van der Waals surface area (Å²) in [6.45, 7) is 1.59. The van der Waals surface area contributed by atoms with Crippen LogP contribution >= 0.6 is 0 Å². The largest absolute Gasteiger partial charge is 0.497 e. The third-order valence-electron chi connectivity index (χ3n) is 5.48. The number of non-ortho nitro benzene ring substituents is 1. The fourth-order valence-electron chi connectivity index (χ4n) is 3.80. The van der Waals surface area contributed by atoms with E-state index in [0.29, 0.717) is 17.0 Å². The van der Waals surface area contributed by atoms with Gasteiger partial charge in [-0.2, -0.15) is 5.26 Å². The van der Waals surface area contributed by atoms with Crippen LogP contribution < -0.4 is 20.1 Å².